The van der Waals surface area contributed by atoms with E-state index in [1.807, 2.05) is 7.05 Å². The van der Waals surface area contributed by atoms with Crippen molar-refractivity contribution in [2.24, 2.45) is 16.8 Å². The first kappa shape index (κ1) is 15.4. The number of benzene rings is 1. The topological polar surface area (TPSA) is 61.8 Å². The van der Waals surface area contributed by atoms with Crippen LogP contribution < -0.4 is 5.73 Å². The van der Waals surface area contributed by atoms with Gasteiger partial charge in [0.1, 0.15) is 5.82 Å². The van der Waals surface area contributed by atoms with Crippen LogP contribution in [-0.2, 0) is 6.54 Å². The summed E-state index contributed by atoms with van der Waals surface area (Å²) < 4.78 is 13.5. The first-order chi connectivity index (χ1) is 8.92. The molecule has 1 rings (SSSR count). The fourth-order valence-electron chi connectivity index (χ4n) is 1.82. The molecule has 5 heteroatoms. The van der Waals surface area contributed by atoms with Gasteiger partial charge in [0.25, 0.3) is 0 Å². The monoisotopic (exact) mass is 267 g/mol. The highest BCUT2D eigenvalue weighted by Crippen LogP contribution is 2.12. The van der Waals surface area contributed by atoms with E-state index >= 15 is 0 Å². The fraction of sp³-hybridized carbons (Fsp3) is 0.500. The summed E-state index contributed by atoms with van der Waals surface area (Å²) in [5.41, 5.74) is 6.69. The number of hydrogen-bond acceptors (Lipinski definition) is 3. The molecule has 0 unspecified atom stereocenters. The summed E-state index contributed by atoms with van der Waals surface area (Å²) in [7, 11) is 2.00. The molecule has 0 atom stereocenters. The maximum absolute atomic E-state index is 13.5. The Labute approximate surface area is 113 Å². The highest BCUT2D eigenvalue weighted by atomic mass is 19.1. The number of hydrogen-bond donors (Lipinski definition) is 2. The van der Waals surface area contributed by atoms with Crippen LogP contribution >= 0.6 is 0 Å². The third-order valence-electron chi connectivity index (χ3n) is 2.90. The molecule has 1 aromatic carbocycles. The lowest BCUT2D eigenvalue weighted by Crippen LogP contribution is -2.21. The molecule has 0 radical (unpaired) electrons. The van der Waals surface area contributed by atoms with E-state index in [1.165, 1.54) is 12.1 Å². The second-order valence-corrected chi connectivity index (χ2v) is 5.25. The summed E-state index contributed by atoms with van der Waals surface area (Å²) in [4.78, 5) is 2.13. The Morgan fingerprint density at radius 3 is 2.68 bits per heavy atom. The van der Waals surface area contributed by atoms with Crippen molar-refractivity contribution in [3.05, 3.63) is 35.1 Å². The van der Waals surface area contributed by atoms with E-state index in [1.54, 1.807) is 6.07 Å². The minimum atomic E-state index is -0.378. The van der Waals surface area contributed by atoms with Crippen LogP contribution in [0, 0.1) is 11.7 Å². The second kappa shape index (κ2) is 7.09. The fourth-order valence-corrected chi connectivity index (χ4v) is 1.82. The zero-order chi connectivity index (χ0) is 14.4. The smallest absolute Gasteiger partial charge is 0.170 e. The van der Waals surface area contributed by atoms with Gasteiger partial charge in [-0.1, -0.05) is 19.0 Å². The molecule has 0 bridgehead atoms. The van der Waals surface area contributed by atoms with Gasteiger partial charge >= 0.3 is 0 Å². The molecule has 0 saturated heterocycles. The van der Waals surface area contributed by atoms with Crippen molar-refractivity contribution >= 4 is 5.84 Å². The number of amidine groups is 1. The number of nitrogens with zero attached hydrogens (tertiary/aromatic N) is 2. The SMILES string of the molecule is CC(C)CCN(C)Cc1cc(F)cc(/C(N)=N/O)c1. The largest absolute Gasteiger partial charge is 0.409 e. The quantitative estimate of drug-likeness (QED) is 0.360. The van der Waals surface area contributed by atoms with Crippen LogP contribution in [-0.4, -0.2) is 29.5 Å². The third kappa shape index (κ3) is 5.26. The van der Waals surface area contributed by atoms with Gasteiger partial charge in [-0.2, -0.15) is 0 Å². The van der Waals surface area contributed by atoms with Crippen molar-refractivity contribution in [1.29, 1.82) is 0 Å². The van der Waals surface area contributed by atoms with E-state index in [-0.39, 0.29) is 11.7 Å². The average molecular weight is 267 g/mol. The average Bonchev–Trinajstić information content (AvgIpc) is 2.34. The van der Waals surface area contributed by atoms with Gasteiger partial charge in [0.2, 0.25) is 0 Å². The van der Waals surface area contributed by atoms with Crippen LogP contribution in [0.2, 0.25) is 0 Å². The molecular formula is C14H22FN3O. The van der Waals surface area contributed by atoms with Crippen LogP contribution in [0.3, 0.4) is 0 Å². The first-order valence-electron chi connectivity index (χ1n) is 6.38. The zero-order valence-corrected chi connectivity index (χ0v) is 11.7. The lowest BCUT2D eigenvalue weighted by atomic mass is 10.1. The Bertz CT molecular complexity index is 446. The van der Waals surface area contributed by atoms with E-state index in [0.717, 1.165) is 18.5 Å². The molecule has 0 aliphatic rings. The molecule has 0 saturated carbocycles. The van der Waals surface area contributed by atoms with Crippen molar-refractivity contribution < 1.29 is 9.60 Å². The van der Waals surface area contributed by atoms with Crippen LogP contribution in [0.1, 0.15) is 31.4 Å². The summed E-state index contributed by atoms with van der Waals surface area (Å²) in [6.45, 7) is 5.93. The van der Waals surface area contributed by atoms with Crippen molar-refractivity contribution in [1.82, 2.24) is 4.90 Å². The summed E-state index contributed by atoms with van der Waals surface area (Å²) in [6, 6.07) is 4.47. The summed E-state index contributed by atoms with van der Waals surface area (Å²) in [5, 5.41) is 11.5. The minimum Gasteiger partial charge on any atom is -0.409 e. The maximum atomic E-state index is 13.5. The highest BCUT2D eigenvalue weighted by Gasteiger charge is 2.07. The van der Waals surface area contributed by atoms with Crippen molar-refractivity contribution in [2.75, 3.05) is 13.6 Å². The molecular weight excluding hydrogens is 245 g/mol. The van der Waals surface area contributed by atoms with Gasteiger partial charge in [-0.3, -0.25) is 0 Å². The predicted molar refractivity (Wildman–Crippen MR) is 74.7 cm³/mol. The van der Waals surface area contributed by atoms with E-state index in [4.69, 9.17) is 10.9 Å². The molecule has 0 fully saturated rings. The third-order valence-corrected chi connectivity index (χ3v) is 2.90. The number of halogens is 1. The molecule has 0 spiro atoms. The Morgan fingerprint density at radius 1 is 1.42 bits per heavy atom. The van der Waals surface area contributed by atoms with Crippen LogP contribution in [0.5, 0.6) is 0 Å². The molecule has 0 amide bonds. The van der Waals surface area contributed by atoms with E-state index in [0.29, 0.717) is 18.0 Å². The number of oxime groups is 1. The molecule has 0 aliphatic carbocycles. The minimum absolute atomic E-state index is 0.0782. The summed E-state index contributed by atoms with van der Waals surface area (Å²) >= 11 is 0. The lowest BCUT2D eigenvalue weighted by molar-refractivity contribution is 0.303. The zero-order valence-electron chi connectivity index (χ0n) is 11.7. The van der Waals surface area contributed by atoms with Crippen LogP contribution in [0.25, 0.3) is 0 Å². The molecule has 19 heavy (non-hydrogen) atoms. The van der Waals surface area contributed by atoms with Gasteiger partial charge in [-0.25, -0.2) is 4.39 Å². The Hall–Kier alpha value is -1.62. The predicted octanol–water partition coefficient (Wildman–Crippen LogP) is 2.40. The molecule has 0 heterocycles. The maximum Gasteiger partial charge on any atom is 0.170 e. The van der Waals surface area contributed by atoms with Gasteiger partial charge < -0.3 is 15.8 Å². The van der Waals surface area contributed by atoms with Crippen molar-refractivity contribution in [3.63, 3.8) is 0 Å². The van der Waals surface area contributed by atoms with Crippen molar-refractivity contribution in [3.8, 4) is 0 Å². The molecule has 0 aromatic heterocycles. The van der Waals surface area contributed by atoms with E-state index < -0.39 is 0 Å². The molecule has 0 aliphatic heterocycles. The molecule has 4 nitrogen and oxygen atoms in total. The first-order valence-corrected chi connectivity index (χ1v) is 6.38. The van der Waals surface area contributed by atoms with Gasteiger partial charge in [-0.15, -0.1) is 0 Å². The summed E-state index contributed by atoms with van der Waals surface area (Å²) in [6.07, 6.45) is 1.10. The lowest BCUT2D eigenvalue weighted by Gasteiger charge is -2.18. The van der Waals surface area contributed by atoms with E-state index in [9.17, 15) is 4.39 Å². The Kier molecular flexibility index (Phi) is 5.76. The molecule has 3 N–H and O–H groups in total. The Balaban J connectivity index is 2.75. The van der Waals surface area contributed by atoms with Gasteiger partial charge in [0, 0.05) is 12.1 Å². The molecule has 106 valence electrons. The highest BCUT2D eigenvalue weighted by molar-refractivity contribution is 5.97. The number of nitrogens with two attached hydrogens (primary N) is 1. The van der Waals surface area contributed by atoms with Crippen LogP contribution in [0.15, 0.2) is 23.4 Å². The normalized spacial score (nSPS) is 12.4. The van der Waals surface area contributed by atoms with Crippen molar-refractivity contribution in [2.45, 2.75) is 26.8 Å². The molecule has 1 aromatic rings. The van der Waals surface area contributed by atoms with Gasteiger partial charge in [0.15, 0.2) is 5.84 Å². The second-order valence-electron chi connectivity index (χ2n) is 5.25. The number of rotatable bonds is 6. The summed E-state index contributed by atoms with van der Waals surface area (Å²) in [5.74, 6) is 0.185. The van der Waals surface area contributed by atoms with Crippen LogP contribution in [0.4, 0.5) is 4.39 Å². The Morgan fingerprint density at radius 2 is 2.11 bits per heavy atom. The van der Waals surface area contributed by atoms with E-state index in [2.05, 4.69) is 23.9 Å². The van der Waals surface area contributed by atoms with Gasteiger partial charge in [-0.05, 0) is 49.7 Å². The van der Waals surface area contributed by atoms with Gasteiger partial charge in [0.05, 0.1) is 0 Å². The standard InChI is InChI=1S/C14H22FN3O/c1-10(2)4-5-18(3)9-11-6-12(14(16)17-19)8-13(15)7-11/h6-8,10,19H,4-5,9H2,1-3H3,(H2,16,17).